The van der Waals surface area contributed by atoms with Crippen LogP contribution < -0.4 is 0 Å². The van der Waals surface area contributed by atoms with Gasteiger partial charge in [0.2, 0.25) is 0 Å². The molecular formula is C27H30N2O3. The van der Waals surface area contributed by atoms with Crippen molar-refractivity contribution in [2.24, 2.45) is 0 Å². The highest BCUT2D eigenvalue weighted by Crippen LogP contribution is 2.32. The molecule has 166 valence electrons. The second kappa shape index (κ2) is 9.92. The number of ketones is 1. The number of carbonyl (C=O) groups is 1. The van der Waals surface area contributed by atoms with Gasteiger partial charge in [-0.05, 0) is 22.4 Å². The van der Waals surface area contributed by atoms with E-state index in [1.54, 1.807) is 0 Å². The number of benzene rings is 3. The molecule has 5 nitrogen and oxygen atoms in total. The predicted molar refractivity (Wildman–Crippen MR) is 126 cm³/mol. The van der Waals surface area contributed by atoms with Crippen LogP contribution >= 0.6 is 0 Å². The number of nitrogens with zero attached hydrogens (tertiary/aromatic N) is 2. The van der Waals surface area contributed by atoms with Crippen LogP contribution in [0.3, 0.4) is 0 Å². The molecule has 0 bridgehead atoms. The van der Waals surface area contributed by atoms with E-state index < -0.39 is 0 Å². The molecule has 0 radical (unpaired) electrons. The molecule has 0 unspecified atom stereocenters. The van der Waals surface area contributed by atoms with Crippen molar-refractivity contribution in [3.8, 4) is 0 Å². The second-order valence-electron chi connectivity index (χ2n) is 8.52. The minimum Gasteiger partial charge on any atom is -0.379 e. The van der Waals surface area contributed by atoms with Crippen molar-refractivity contribution in [2.75, 3.05) is 52.6 Å². The zero-order chi connectivity index (χ0) is 21.8. The summed E-state index contributed by atoms with van der Waals surface area (Å²) in [5.41, 5.74) is 1.95. The Morgan fingerprint density at radius 1 is 0.688 bits per heavy atom. The van der Waals surface area contributed by atoms with E-state index in [9.17, 15) is 4.79 Å². The topological polar surface area (TPSA) is 42.0 Å². The van der Waals surface area contributed by atoms with Crippen molar-refractivity contribution in [3.05, 3.63) is 83.9 Å². The van der Waals surface area contributed by atoms with Gasteiger partial charge in [-0.1, -0.05) is 66.7 Å². The third kappa shape index (κ3) is 4.48. The molecule has 0 saturated carbocycles. The lowest BCUT2D eigenvalue weighted by molar-refractivity contribution is -0.0301. The van der Waals surface area contributed by atoms with Crippen molar-refractivity contribution < 1.29 is 14.3 Å². The van der Waals surface area contributed by atoms with E-state index >= 15 is 0 Å². The van der Waals surface area contributed by atoms with E-state index in [1.165, 1.54) is 5.56 Å². The fraction of sp³-hybridized carbons (Fsp3) is 0.370. The quantitative estimate of drug-likeness (QED) is 0.557. The Morgan fingerprint density at radius 3 is 1.97 bits per heavy atom. The summed E-state index contributed by atoms with van der Waals surface area (Å²) in [6.07, 6.45) is 0. The summed E-state index contributed by atoms with van der Waals surface area (Å²) in [6, 6.07) is 24.5. The molecule has 5 rings (SSSR count). The number of Topliss-reactive ketones (excluding diaryl/α,β-unsaturated/α-hetero) is 1. The summed E-state index contributed by atoms with van der Waals surface area (Å²) in [5, 5.41) is 2.25. The molecule has 0 aliphatic carbocycles. The Labute approximate surface area is 189 Å². The standard InChI is InChI=1S/C27H30N2O3/c30-27(24-11-10-21-6-4-5-9-23(21)20-24)26(29-14-18-32-19-15-29)25(22-7-2-1-3-8-22)28-12-16-31-17-13-28/h1-11,20,25-26H,12-19H2/t25-,26-/m0/s1. The molecule has 3 aromatic carbocycles. The number of ether oxygens (including phenoxy) is 2. The number of fused-ring (bicyclic) bond motifs is 1. The van der Waals surface area contributed by atoms with Crippen LogP contribution in [0, 0.1) is 0 Å². The van der Waals surface area contributed by atoms with Gasteiger partial charge in [0.1, 0.15) is 0 Å². The Bertz CT molecular complexity index is 1040. The Kier molecular flexibility index (Phi) is 6.60. The molecule has 0 amide bonds. The number of hydrogen-bond donors (Lipinski definition) is 0. The lowest BCUT2D eigenvalue weighted by Gasteiger charge is -2.44. The Balaban J connectivity index is 1.57. The highest BCUT2D eigenvalue weighted by Gasteiger charge is 2.39. The van der Waals surface area contributed by atoms with Gasteiger partial charge in [0.15, 0.2) is 5.78 Å². The Morgan fingerprint density at radius 2 is 1.28 bits per heavy atom. The van der Waals surface area contributed by atoms with Crippen LogP contribution in [0.1, 0.15) is 22.0 Å². The van der Waals surface area contributed by atoms with Crippen LogP contribution in [0.25, 0.3) is 10.8 Å². The molecule has 2 fully saturated rings. The minimum absolute atomic E-state index is 0.0304. The van der Waals surface area contributed by atoms with Gasteiger partial charge in [-0.15, -0.1) is 0 Å². The number of hydrogen-bond acceptors (Lipinski definition) is 5. The maximum absolute atomic E-state index is 14.2. The van der Waals surface area contributed by atoms with Gasteiger partial charge in [0.05, 0.1) is 38.5 Å². The zero-order valence-electron chi connectivity index (χ0n) is 18.4. The lowest BCUT2D eigenvalue weighted by Crippen LogP contribution is -2.55. The summed E-state index contributed by atoms with van der Waals surface area (Å²) < 4.78 is 11.3. The monoisotopic (exact) mass is 430 g/mol. The molecular weight excluding hydrogens is 400 g/mol. The first-order chi connectivity index (χ1) is 15.8. The summed E-state index contributed by atoms with van der Waals surface area (Å²) in [4.78, 5) is 19.0. The first-order valence-corrected chi connectivity index (χ1v) is 11.5. The predicted octanol–water partition coefficient (Wildman–Crippen LogP) is 3.80. The van der Waals surface area contributed by atoms with E-state index in [-0.39, 0.29) is 17.9 Å². The number of morpholine rings is 2. The minimum atomic E-state index is -0.277. The van der Waals surface area contributed by atoms with E-state index in [4.69, 9.17) is 9.47 Å². The number of carbonyl (C=O) groups excluding carboxylic acids is 1. The van der Waals surface area contributed by atoms with E-state index in [1.807, 2.05) is 30.3 Å². The van der Waals surface area contributed by atoms with E-state index in [0.717, 1.165) is 42.5 Å². The molecule has 5 heteroatoms. The fourth-order valence-electron chi connectivity index (χ4n) is 4.98. The van der Waals surface area contributed by atoms with Crippen LogP contribution in [-0.4, -0.2) is 74.2 Å². The third-order valence-corrected chi connectivity index (χ3v) is 6.62. The summed E-state index contributed by atoms with van der Waals surface area (Å²) in [5.74, 6) is 0.179. The van der Waals surface area contributed by atoms with Crippen molar-refractivity contribution in [1.29, 1.82) is 0 Å². The summed E-state index contributed by atoms with van der Waals surface area (Å²) in [6.45, 7) is 5.89. The van der Waals surface area contributed by atoms with Gasteiger partial charge in [-0.3, -0.25) is 14.6 Å². The van der Waals surface area contributed by atoms with Gasteiger partial charge >= 0.3 is 0 Å². The van der Waals surface area contributed by atoms with Crippen LogP contribution in [0.2, 0.25) is 0 Å². The van der Waals surface area contributed by atoms with Crippen molar-refractivity contribution >= 4 is 16.6 Å². The molecule has 2 aliphatic heterocycles. The van der Waals surface area contributed by atoms with Gasteiger partial charge in [-0.2, -0.15) is 0 Å². The highest BCUT2D eigenvalue weighted by atomic mass is 16.5. The average Bonchev–Trinajstić information content (AvgIpc) is 2.88. The van der Waals surface area contributed by atoms with Crippen LogP contribution in [-0.2, 0) is 9.47 Å². The van der Waals surface area contributed by atoms with Gasteiger partial charge in [0.25, 0.3) is 0 Å². The maximum atomic E-state index is 14.2. The Hall–Kier alpha value is -2.57. The van der Waals surface area contributed by atoms with Gasteiger partial charge in [0, 0.05) is 31.7 Å². The largest absolute Gasteiger partial charge is 0.379 e. The zero-order valence-corrected chi connectivity index (χ0v) is 18.4. The third-order valence-electron chi connectivity index (χ3n) is 6.62. The lowest BCUT2D eigenvalue weighted by atomic mass is 9.89. The molecule has 0 spiro atoms. The molecule has 3 aromatic rings. The van der Waals surface area contributed by atoms with Gasteiger partial charge < -0.3 is 9.47 Å². The SMILES string of the molecule is O=C(c1ccc2ccccc2c1)[C@H]([C@H](c1ccccc1)N1CCOCC1)N1CCOCC1. The molecule has 32 heavy (non-hydrogen) atoms. The average molecular weight is 431 g/mol. The molecule has 2 atom stereocenters. The highest BCUT2D eigenvalue weighted by molar-refractivity contribution is 6.03. The smallest absolute Gasteiger partial charge is 0.181 e. The van der Waals surface area contributed by atoms with Crippen LogP contribution in [0.15, 0.2) is 72.8 Å². The first-order valence-electron chi connectivity index (χ1n) is 11.5. The number of rotatable bonds is 6. The summed E-state index contributed by atoms with van der Waals surface area (Å²) in [7, 11) is 0. The van der Waals surface area contributed by atoms with Crippen LogP contribution in [0.5, 0.6) is 0 Å². The van der Waals surface area contributed by atoms with Gasteiger partial charge in [-0.25, -0.2) is 0 Å². The second-order valence-corrected chi connectivity index (χ2v) is 8.52. The molecule has 2 aliphatic rings. The van der Waals surface area contributed by atoms with E-state index in [2.05, 4.69) is 52.3 Å². The maximum Gasteiger partial charge on any atom is 0.181 e. The fourth-order valence-corrected chi connectivity index (χ4v) is 4.98. The van der Waals surface area contributed by atoms with Crippen molar-refractivity contribution in [2.45, 2.75) is 12.1 Å². The molecule has 2 saturated heterocycles. The first kappa shape index (κ1) is 21.3. The van der Waals surface area contributed by atoms with Crippen molar-refractivity contribution in [3.63, 3.8) is 0 Å². The van der Waals surface area contributed by atoms with E-state index in [0.29, 0.717) is 26.4 Å². The molecule has 0 N–H and O–H groups in total. The summed E-state index contributed by atoms with van der Waals surface area (Å²) >= 11 is 0. The van der Waals surface area contributed by atoms with Crippen LogP contribution in [0.4, 0.5) is 0 Å². The molecule has 2 heterocycles. The van der Waals surface area contributed by atoms with Crippen molar-refractivity contribution in [1.82, 2.24) is 9.80 Å². The molecule has 0 aromatic heterocycles. The normalized spacial score (nSPS) is 20.1.